The number of benzene rings is 2. The van der Waals surface area contributed by atoms with Gasteiger partial charge in [0.05, 0.1) is 11.6 Å². The number of hydrogen-bond acceptors (Lipinski definition) is 2. The highest BCUT2D eigenvalue weighted by molar-refractivity contribution is 9.10. The number of carbonyl (C=O) groups excluding carboxylic acids is 1. The predicted molar refractivity (Wildman–Crippen MR) is 102 cm³/mol. The van der Waals surface area contributed by atoms with Crippen LogP contribution in [-0.2, 0) is 0 Å². The molecule has 2 rings (SSSR count). The van der Waals surface area contributed by atoms with Crippen LogP contribution in [0.3, 0.4) is 0 Å². The third-order valence-electron chi connectivity index (χ3n) is 4.37. The molecule has 0 aliphatic heterocycles. The summed E-state index contributed by atoms with van der Waals surface area (Å²) in [6, 6.07) is 12.1. The van der Waals surface area contributed by atoms with E-state index in [0.717, 1.165) is 12.0 Å². The monoisotopic (exact) mass is 425 g/mol. The topological polar surface area (TPSA) is 38.3 Å². The van der Waals surface area contributed by atoms with Gasteiger partial charge in [-0.2, -0.15) is 8.78 Å². The summed E-state index contributed by atoms with van der Waals surface area (Å²) in [6.07, 6.45) is 1.06. The third-order valence-corrected chi connectivity index (χ3v) is 4.86. The van der Waals surface area contributed by atoms with Crippen molar-refractivity contribution in [3.63, 3.8) is 0 Å². The van der Waals surface area contributed by atoms with Gasteiger partial charge in [0, 0.05) is 4.47 Å². The minimum atomic E-state index is -2.99. The van der Waals surface area contributed by atoms with E-state index in [1.807, 2.05) is 19.1 Å². The van der Waals surface area contributed by atoms with Gasteiger partial charge in [-0.15, -0.1) is 0 Å². The smallest absolute Gasteiger partial charge is 0.387 e. The Morgan fingerprint density at radius 1 is 1.12 bits per heavy atom. The van der Waals surface area contributed by atoms with E-state index in [2.05, 4.69) is 52.0 Å². The molecule has 0 radical (unpaired) electrons. The third kappa shape index (κ3) is 5.27. The Balaban J connectivity index is 2.15. The molecule has 3 nitrogen and oxygen atoms in total. The van der Waals surface area contributed by atoms with Crippen molar-refractivity contribution in [3.8, 4) is 5.75 Å². The standard InChI is InChI=1S/C20H22BrF2NO2/c1-4-12(2)14-5-7-15(8-6-14)13(3)24-19(25)17-11-16(21)9-10-18(17)26-20(22)23/h5-13,20H,4H2,1-3H3,(H,24,25)/t12-,13-/m1/s1. The molecule has 2 aromatic rings. The van der Waals surface area contributed by atoms with Crippen LogP contribution in [0, 0.1) is 0 Å². The average Bonchev–Trinajstić information content (AvgIpc) is 2.62. The van der Waals surface area contributed by atoms with E-state index in [9.17, 15) is 13.6 Å². The first-order valence-corrected chi connectivity index (χ1v) is 9.26. The van der Waals surface area contributed by atoms with Gasteiger partial charge < -0.3 is 10.1 Å². The zero-order valence-electron chi connectivity index (χ0n) is 14.9. The molecule has 6 heteroatoms. The molecular weight excluding hydrogens is 404 g/mol. The van der Waals surface area contributed by atoms with E-state index in [4.69, 9.17) is 0 Å². The minimum absolute atomic E-state index is 0.0581. The van der Waals surface area contributed by atoms with Gasteiger partial charge in [0.15, 0.2) is 0 Å². The lowest BCUT2D eigenvalue weighted by atomic mass is 9.96. The average molecular weight is 426 g/mol. The maximum Gasteiger partial charge on any atom is 0.387 e. The molecule has 0 heterocycles. The zero-order chi connectivity index (χ0) is 19.3. The van der Waals surface area contributed by atoms with E-state index in [1.165, 1.54) is 17.7 Å². The Bertz CT molecular complexity index is 750. The van der Waals surface area contributed by atoms with Gasteiger partial charge in [-0.1, -0.05) is 54.0 Å². The van der Waals surface area contributed by atoms with Crippen molar-refractivity contribution < 1.29 is 18.3 Å². The normalized spacial score (nSPS) is 13.3. The SMILES string of the molecule is CC[C@@H](C)c1ccc([C@@H](C)NC(=O)c2cc(Br)ccc2OC(F)F)cc1. The number of carbonyl (C=O) groups is 1. The molecule has 26 heavy (non-hydrogen) atoms. The van der Waals surface area contributed by atoms with Crippen LogP contribution in [0.2, 0.25) is 0 Å². The van der Waals surface area contributed by atoms with Crippen molar-refractivity contribution in [1.82, 2.24) is 5.32 Å². The van der Waals surface area contributed by atoms with E-state index < -0.39 is 12.5 Å². The van der Waals surface area contributed by atoms with E-state index in [1.54, 1.807) is 6.07 Å². The lowest BCUT2D eigenvalue weighted by Crippen LogP contribution is -2.27. The van der Waals surface area contributed by atoms with E-state index in [0.29, 0.717) is 10.4 Å². The summed E-state index contributed by atoms with van der Waals surface area (Å²) in [5.41, 5.74) is 2.24. The van der Waals surface area contributed by atoms with Crippen LogP contribution >= 0.6 is 15.9 Å². The quantitative estimate of drug-likeness (QED) is 0.585. The maximum atomic E-state index is 12.6. The number of hydrogen-bond donors (Lipinski definition) is 1. The minimum Gasteiger partial charge on any atom is -0.434 e. The zero-order valence-corrected chi connectivity index (χ0v) is 16.5. The van der Waals surface area contributed by atoms with Gasteiger partial charge in [0.1, 0.15) is 5.75 Å². The van der Waals surface area contributed by atoms with Gasteiger partial charge >= 0.3 is 6.61 Å². The van der Waals surface area contributed by atoms with Crippen LogP contribution in [0.25, 0.3) is 0 Å². The van der Waals surface area contributed by atoms with Crippen LogP contribution in [0.1, 0.15) is 60.6 Å². The van der Waals surface area contributed by atoms with Crippen molar-refractivity contribution >= 4 is 21.8 Å². The van der Waals surface area contributed by atoms with Crippen LogP contribution < -0.4 is 10.1 Å². The van der Waals surface area contributed by atoms with E-state index >= 15 is 0 Å². The van der Waals surface area contributed by atoms with Gasteiger partial charge in [0.25, 0.3) is 5.91 Å². The predicted octanol–water partition coefficient (Wildman–Crippen LogP) is 6.06. The molecule has 0 saturated carbocycles. The second kappa shape index (κ2) is 9.12. The van der Waals surface area contributed by atoms with E-state index in [-0.39, 0.29) is 17.4 Å². The fourth-order valence-corrected chi connectivity index (χ4v) is 2.95. The number of halogens is 3. The largest absolute Gasteiger partial charge is 0.434 e. The highest BCUT2D eigenvalue weighted by Gasteiger charge is 2.18. The van der Waals surface area contributed by atoms with Gasteiger partial charge in [-0.25, -0.2) is 0 Å². The first-order chi connectivity index (χ1) is 12.3. The van der Waals surface area contributed by atoms with Crippen molar-refractivity contribution in [3.05, 3.63) is 63.6 Å². The van der Waals surface area contributed by atoms with Crippen LogP contribution in [0.5, 0.6) is 5.75 Å². The fourth-order valence-electron chi connectivity index (χ4n) is 2.59. The molecule has 0 saturated heterocycles. The molecular formula is C20H22BrF2NO2. The molecule has 2 atom stereocenters. The second-order valence-electron chi connectivity index (χ2n) is 6.19. The van der Waals surface area contributed by atoms with Crippen molar-refractivity contribution in [2.45, 2.75) is 45.8 Å². The molecule has 1 amide bonds. The molecule has 0 spiro atoms. The Kier molecular flexibility index (Phi) is 7.14. The Hall–Kier alpha value is -1.95. The molecule has 0 unspecified atom stereocenters. The highest BCUT2D eigenvalue weighted by atomic mass is 79.9. The summed E-state index contributed by atoms with van der Waals surface area (Å²) in [4.78, 5) is 12.5. The number of alkyl halides is 2. The molecule has 0 aromatic heterocycles. The highest BCUT2D eigenvalue weighted by Crippen LogP contribution is 2.26. The maximum absolute atomic E-state index is 12.6. The summed E-state index contributed by atoms with van der Waals surface area (Å²) in [7, 11) is 0. The summed E-state index contributed by atoms with van der Waals surface area (Å²) >= 11 is 3.25. The number of rotatable bonds is 7. The Morgan fingerprint density at radius 2 is 1.73 bits per heavy atom. The van der Waals surface area contributed by atoms with Gasteiger partial charge in [0.2, 0.25) is 0 Å². The molecule has 0 fully saturated rings. The second-order valence-corrected chi connectivity index (χ2v) is 7.11. The molecule has 0 bridgehead atoms. The first kappa shape index (κ1) is 20.4. The summed E-state index contributed by atoms with van der Waals surface area (Å²) in [5.74, 6) is -0.148. The van der Waals surface area contributed by atoms with Crippen LogP contribution in [-0.4, -0.2) is 12.5 Å². The van der Waals surface area contributed by atoms with Gasteiger partial charge in [-0.05, 0) is 48.6 Å². The molecule has 140 valence electrons. The van der Waals surface area contributed by atoms with Gasteiger partial charge in [-0.3, -0.25) is 4.79 Å². The molecule has 0 aliphatic carbocycles. The van der Waals surface area contributed by atoms with Crippen LogP contribution in [0.4, 0.5) is 8.78 Å². The lowest BCUT2D eigenvalue weighted by Gasteiger charge is -2.17. The summed E-state index contributed by atoms with van der Waals surface area (Å²) in [6.45, 7) is 3.16. The first-order valence-electron chi connectivity index (χ1n) is 8.46. The molecule has 0 aliphatic rings. The Morgan fingerprint density at radius 3 is 2.31 bits per heavy atom. The molecule has 2 aromatic carbocycles. The van der Waals surface area contributed by atoms with Crippen molar-refractivity contribution in [1.29, 1.82) is 0 Å². The number of nitrogens with one attached hydrogen (secondary N) is 1. The summed E-state index contributed by atoms with van der Waals surface area (Å²) < 4.78 is 30.2. The van der Waals surface area contributed by atoms with Crippen LogP contribution in [0.15, 0.2) is 46.9 Å². The molecule has 1 N–H and O–H groups in total. The van der Waals surface area contributed by atoms with Crippen molar-refractivity contribution in [2.24, 2.45) is 0 Å². The lowest BCUT2D eigenvalue weighted by molar-refractivity contribution is -0.0501. The number of ether oxygens (including phenoxy) is 1. The van der Waals surface area contributed by atoms with Crippen molar-refractivity contribution in [2.75, 3.05) is 0 Å². The fraction of sp³-hybridized carbons (Fsp3) is 0.350. The number of amides is 1. The summed E-state index contributed by atoms with van der Waals surface area (Å²) in [5, 5.41) is 2.83. The Labute approximate surface area is 160 Å².